The van der Waals surface area contributed by atoms with Crippen LogP contribution in [0.15, 0.2) is 12.1 Å². The molecule has 0 unspecified atom stereocenters. The molecule has 25 heavy (non-hydrogen) atoms. The van der Waals surface area contributed by atoms with Crippen molar-refractivity contribution in [3.63, 3.8) is 0 Å². The number of aromatic nitrogens is 3. The third kappa shape index (κ3) is 3.04. The van der Waals surface area contributed by atoms with Gasteiger partial charge in [0.1, 0.15) is 17.1 Å². The Morgan fingerprint density at radius 2 is 2.32 bits per heavy atom. The third-order valence-corrected chi connectivity index (χ3v) is 4.17. The summed E-state index contributed by atoms with van der Waals surface area (Å²) < 4.78 is 26.9. The van der Waals surface area contributed by atoms with Crippen LogP contribution in [0, 0.1) is 5.95 Å². The number of esters is 1. The molecule has 0 aromatic carbocycles. The number of carbonyl (C=O) groups is 1. The summed E-state index contributed by atoms with van der Waals surface area (Å²) >= 11 is 0. The van der Waals surface area contributed by atoms with Gasteiger partial charge in [-0.1, -0.05) is 0 Å². The number of rotatable bonds is 5. The van der Waals surface area contributed by atoms with Crippen LogP contribution >= 0.6 is 0 Å². The summed E-state index contributed by atoms with van der Waals surface area (Å²) in [4.78, 5) is 16.4. The first-order chi connectivity index (χ1) is 12.2. The lowest BCUT2D eigenvalue weighted by Gasteiger charge is -2.15. The molecule has 4 rings (SSSR count). The van der Waals surface area contributed by atoms with Crippen molar-refractivity contribution in [2.45, 2.75) is 38.8 Å². The highest BCUT2D eigenvalue weighted by Crippen LogP contribution is 2.35. The second-order valence-electron chi connectivity index (χ2n) is 6.13. The van der Waals surface area contributed by atoms with Gasteiger partial charge in [-0.3, -0.25) is 0 Å². The van der Waals surface area contributed by atoms with Crippen molar-refractivity contribution < 1.29 is 18.7 Å². The molecular formula is C17H19FN4O3. The highest BCUT2D eigenvalue weighted by molar-refractivity contribution is 5.98. The van der Waals surface area contributed by atoms with Gasteiger partial charge in [-0.2, -0.15) is 9.49 Å². The Morgan fingerprint density at radius 3 is 3.04 bits per heavy atom. The van der Waals surface area contributed by atoms with Crippen molar-refractivity contribution in [1.29, 1.82) is 0 Å². The van der Waals surface area contributed by atoms with Gasteiger partial charge in [0.2, 0.25) is 11.8 Å². The molecule has 3 heterocycles. The Labute approximate surface area is 144 Å². The van der Waals surface area contributed by atoms with Gasteiger partial charge in [0.05, 0.1) is 18.8 Å². The minimum atomic E-state index is -0.674. The molecule has 0 saturated heterocycles. The fourth-order valence-corrected chi connectivity index (χ4v) is 2.83. The van der Waals surface area contributed by atoms with Crippen molar-refractivity contribution in [3.8, 4) is 17.1 Å². The minimum absolute atomic E-state index is 0.158. The van der Waals surface area contributed by atoms with Crippen LogP contribution < -0.4 is 10.1 Å². The summed E-state index contributed by atoms with van der Waals surface area (Å²) in [6.45, 7) is 3.03. The van der Waals surface area contributed by atoms with Crippen LogP contribution in [0.3, 0.4) is 0 Å². The number of nitrogens with one attached hydrogen (secondary N) is 1. The fourth-order valence-electron chi connectivity index (χ4n) is 2.83. The van der Waals surface area contributed by atoms with Crippen molar-refractivity contribution in [1.82, 2.24) is 14.8 Å². The van der Waals surface area contributed by atoms with E-state index in [1.165, 1.54) is 0 Å². The number of hydrogen-bond donors (Lipinski definition) is 1. The quantitative estimate of drug-likeness (QED) is 0.662. The molecule has 7 nitrogen and oxygen atoms in total. The first kappa shape index (κ1) is 15.9. The molecule has 0 spiro atoms. The van der Waals surface area contributed by atoms with E-state index in [1.807, 2.05) is 0 Å². The predicted octanol–water partition coefficient (Wildman–Crippen LogP) is 2.62. The molecule has 0 atom stereocenters. The molecule has 2 aromatic heterocycles. The van der Waals surface area contributed by atoms with Crippen LogP contribution in [0.1, 0.15) is 36.5 Å². The Balaban J connectivity index is 1.76. The number of fused-ring (bicyclic) bond motifs is 1. The van der Waals surface area contributed by atoms with Gasteiger partial charge in [-0.05, 0) is 31.9 Å². The maximum absolute atomic E-state index is 14.6. The zero-order valence-electron chi connectivity index (χ0n) is 13.9. The third-order valence-electron chi connectivity index (χ3n) is 4.17. The van der Waals surface area contributed by atoms with Gasteiger partial charge < -0.3 is 14.8 Å². The number of pyridine rings is 1. The summed E-state index contributed by atoms with van der Waals surface area (Å²) in [5.41, 5.74) is 0.526. The summed E-state index contributed by atoms with van der Waals surface area (Å²) in [5.74, 6) is -0.423. The van der Waals surface area contributed by atoms with Gasteiger partial charge in [-0.15, -0.1) is 0 Å². The average Bonchev–Trinajstić information content (AvgIpc) is 3.32. The summed E-state index contributed by atoms with van der Waals surface area (Å²) in [5, 5.41) is 7.53. The first-order valence-corrected chi connectivity index (χ1v) is 8.51. The second-order valence-corrected chi connectivity index (χ2v) is 6.13. The van der Waals surface area contributed by atoms with Crippen LogP contribution in [0.25, 0.3) is 11.3 Å². The Kier molecular flexibility index (Phi) is 4.03. The Morgan fingerprint density at radius 1 is 1.48 bits per heavy atom. The van der Waals surface area contributed by atoms with Crippen molar-refractivity contribution in [2.75, 3.05) is 18.5 Å². The lowest BCUT2D eigenvalue weighted by Crippen LogP contribution is -2.16. The van der Waals surface area contributed by atoms with E-state index in [2.05, 4.69) is 15.4 Å². The molecule has 2 aliphatic rings. The van der Waals surface area contributed by atoms with E-state index in [-0.39, 0.29) is 23.4 Å². The van der Waals surface area contributed by atoms with E-state index < -0.39 is 11.9 Å². The van der Waals surface area contributed by atoms with Crippen LogP contribution in [-0.4, -0.2) is 40.0 Å². The summed E-state index contributed by atoms with van der Waals surface area (Å²) in [6.07, 6.45) is 2.92. The van der Waals surface area contributed by atoms with Gasteiger partial charge in [0, 0.05) is 19.0 Å². The number of hydrogen-bond acceptors (Lipinski definition) is 6. The molecule has 8 heteroatoms. The van der Waals surface area contributed by atoms with Crippen LogP contribution in [0.5, 0.6) is 5.88 Å². The lowest BCUT2D eigenvalue weighted by molar-refractivity contribution is 0.0520. The smallest absolute Gasteiger partial charge is 0.345 e. The average molecular weight is 346 g/mol. The Hall–Kier alpha value is -2.64. The molecule has 1 aliphatic heterocycles. The lowest BCUT2D eigenvalue weighted by atomic mass is 10.1. The summed E-state index contributed by atoms with van der Waals surface area (Å²) in [6, 6.07) is 3.66. The molecule has 132 valence electrons. The van der Waals surface area contributed by atoms with Crippen LogP contribution in [0.4, 0.5) is 10.2 Å². The van der Waals surface area contributed by atoms with Gasteiger partial charge in [0.15, 0.2) is 0 Å². The molecular weight excluding hydrogens is 327 g/mol. The zero-order chi connectivity index (χ0) is 17.4. The largest absolute Gasteiger partial charge is 0.477 e. The molecule has 1 aliphatic carbocycles. The maximum atomic E-state index is 14.6. The van der Waals surface area contributed by atoms with E-state index in [4.69, 9.17) is 9.47 Å². The van der Waals surface area contributed by atoms with Gasteiger partial charge >= 0.3 is 5.97 Å². The SMILES string of the molecule is CCOC(=O)c1c(-c2ccc(NC3CC3)nc2F)nn2c1OCCC2. The number of aryl methyl sites for hydroxylation is 1. The predicted molar refractivity (Wildman–Crippen MR) is 88.1 cm³/mol. The van der Waals surface area contributed by atoms with Crippen molar-refractivity contribution in [3.05, 3.63) is 23.6 Å². The zero-order valence-corrected chi connectivity index (χ0v) is 13.9. The standard InChI is InChI=1S/C17H19FN4O3/c1-2-24-17(23)13-14(21-22-8-3-9-25-16(13)22)11-6-7-12(20-15(11)18)19-10-4-5-10/h6-7,10H,2-5,8-9H2,1H3,(H,19,20). The maximum Gasteiger partial charge on any atom is 0.345 e. The van der Waals surface area contributed by atoms with Gasteiger partial charge in [-0.25, -0.2) is 14.5 Å². The van der Waals surface area contributed by atoms with Crippen LogP contribution in [-0.2, 0) is 11.3 Å². The monoisotopic (exact) mass is 346 g/mol. The normalized spacial score (nSPS) is 16.1. The number of nitrogens with zero attached hydrogens (tertiary/aromatic N) is 3. The molecule has 2 aromatic rings. The molecule has 1 N–H and O–H groups in total. The van der Waals surface area contributed by atoms with E-state index in [1.54, 1.807) is 23.7 Å². The number of ether oxygens (including phenoxy) is 2. The van der Waals surface area contributed by atoms with E-state index >= 15 is 0 Å². The molecule has 0 bridgehead atoms. The first-order valence-electron chi connectivity index (χ1n) is 8.51. The number of carbonyl (C=O) groups excluding carboxylic acids is 1. The van der Waals surface area contributed by atoms with E-state index in [9.17, 15) is 9.18 Å². The van der Waals surface area contributed by atoms with Gasteiger partial charge in [0.25, 0.3) is 0 Å². The number of anilines is 1. The highest BCUT2D eigenvalue weighted by atomic mass is 19.1. The topological polar surface area (TPSA) is 78.3 Å². The van der Waals surface area contributed by atoms with Crippen LogP contribution in [0.2, 0.25) is 0 Å². The summed E-state index contributed by atoms with van der Waals surface area (Å²) in [7, 11) is 0. The van der Waals surface area contributed by atoms with Crippen molar-refractivity contribution >= 4 is 11.8 Å². The van der Waals surface area contributed by atoms with E-state index in [0.29, 0.717) is 30.9 Å². The molecule has 0 amide bonds. The highest BCUT2D eigenvalue weighted by Gasteiger charge is 2.31. The van der Waals surface area contributed by atoms with E-state index in [0.717, 1.165) is 19.3 Å². The molecule has 1 saturated carbocycles. The molecule has 0 radical (unpaired) electrons. The van der Waals surface area contributed by atoms with Crippen molar-refractivity contribution in [2.24, 2.45) is 0 Å². The Bertz CT molecular complexity index is 816. The fraction of sp³-hybridized carbons (Fsp3) is 0.471. The second kappa shape index (κ2) is 6.34. The minimum Gasteiger partial charge on any atom is -0.477 e. The molecule has 1 fully saturated rings. The number of halogens is 1.